The van der Waals surface area contributed by atoms with Gasteiger partial charge in [0.25, 0.3) is 5.91 Å². The lowest BCUT2D eigenvalue weighted by Crippen LogP contribution is -2.37. The van der Waals surface area contributed by atoms with Crippen molar-refractivity contribution in [1.29, 1.82) is 0 Å². The summed E-state index contributed by atoms with van der Waals surface area (Å²) in [6.45, 7) is 3.33. The Bertz CT molecular complexity index is 892. The summed E-state index contributed by atoms with van der Waals surface area (Å²) < 4.78 is 29.7. The van der Waals surface area contributed by atoms with Gasteiger partial charge < -0.3 is 9.64 Å². The normalized spacial score (nSPS) is 12.3. The van der Waals surface area contributed by atoms with E-state index < -0.39 is 27.8 Å². The Morgan fingerprint density at radius 1 is 1.04 bits per heavy atom. The van der Waals surface area contributed by atoms with Crippen molar-refractivity contribution in [2.24, 2.45) is 0 Å². The zero-order chi connectivity index (χ0) is 20.0. The number of likely N-dealkylation sites (N-methyl/N-ethyl adjacent to an activating group) is 1. The fourth-order valence-corrected chi connectivity index (χ4v) is 3.66. The first-order chi connectivity index (χ1) is 12.7. The van der Waals surface area contributed by atoms with E-state index in [1.165, 1.54) is 24.0 Å². The van der Waals surface area contributed by atoms with E-state index in [4.69, 9.17) is 4.74 Å². The molecule has 0 aromatic heterocycles. The number of aryl methyl sites for hydroxylation is 1. The summed E-state index contributed by atoms with van der Waals surface area (Å²) in [6, 6.07) is 15.4. The molecule has 0 bridgehead atoms. The Morgan fingerprint density at radius 2 is 1.63 bits per heavy atom. The van der Waals surface area contributed by atoms with E-state index in [1.54, 1.807) is 43.4 Å². The first kappa shape index (κ1) is 20.6. The number of rotatable bonds is 7. The van der Waals surface area contributed by atoms with E-state index in [9.17, 15) is 18.0 Å². The van der Waals surface area contributed by atoms with Gasteiger partial charge in [-0.25, -0.2) is 8.42 Å². The lowest BCUT2D eigenvalue weighted by atomic mass is 10.2. The molecule has 0 spiro atoms. The third-order valence-electron chi connectivity index (χ3n) is 4.09. The number of hydrogen-bond donors (Lipinski definition) is 0. The predicted molar refractivity (Wildman–Crippen MR) is 103 cm³/mol. The van der Waals surface area contributed by atoms with Crippen molar-refractivity contribution in [3.05, 3.63) is 60.2 Å². The smallest absolute Gasteiger partial charge is 0.307 e. The van der Waals surface area contributed by atoms with E-state index in [0.717, 1.165) is 5.56 Å². The van der Waals surface area contributed by atoms with Crippen molar-refractivity contribution in [3.63, 3.8) is 0 Å². The van der Waals surface area contributed by atoms with Crippen LogP contribution in [0.1, 0.15) is 18.9 Å². The molecule has 0 saturated carbocycles. The van der Waals surface area contributed by atoms with Crippen LogP contribution in [0.25, 0.3) is 0 Å². The average molecular weight is 389 g/mol. The molecule has 1 unspecified atom stereocenters. The Morgan fingerprint density at radius 3 is 2.22 bits per heavy atom. The molecular weight excluding hydrogens is 366 g/mol. The number of amides is 1. The van der Waals surface area contributed by atoms with Gasteiger partial charge in [0.1, 0.15) is 0 Å². The minimum atomic E-state index is -3.58. The number of esters is 1. The van der Waals surface area contributed by atoms with Crippen molar-refractivity contribution in [1.82, 2.24) is 0 Å². The number of benzene rings is 2. The molecule has 0 fully saturated rings. The summed E-state index contributed by atoms with van der Waals surface area (Å²) in [7, 11) is -2.00. The maximum absolute atomic E-state index is 12.4. The third-order valence-corrected chi connectivity index (χ3v) is 5.82. The second kappa shape index (κ2) is 8.81. The molecule has 6 nitrogen and oxygen atoms in total. The molecule has 1 atom stereocenters. The van der Waals surface area contributed by atoms with Crippen molar-refractivity contribution in [2.45, 2.75) is 31.3 Å². The molecule has 2 rings (SSSR count). The topological polar surface area (TPSA) is 80.7 Å². The fourth-order valence-electron chi connectivity index (χ4n) is 2.44. The van der Waals surface area contributed by atoms with Gasteiger partial charge in [0.15, 0.2) is 15.9 Å². The summed E-state index contributed by atoms with van der Waals surface area (Å²) in [5.74, 6) is -1.49. The van der Waals surface area contributed by atoms with Gasteiger partial charge in [-0.3, -0.25) is 9.59 Å². The molecule has 7 heteroatoms. The van der Waals surface area contributed by atoms with Crippen LogP contribution in [0.5, 0.6) is 0 Å². The number of carbonyl (C=O) groups excluding carboxylic acids is 2. The van der Waals surface area contributed by atoms with Gasteiger partial charge in [-0.15, -0.1) is 0 Å². The maximum Gasteiger partial charge on any atom is 0.307 e. The van der Waals surface area contributed by atoms with Crippen LogP contribution < -0.4 is 4.90 Å². The second-order valence-corrected chi connectivity index (χ2v) is 8.36. The molecule has 2 aromatic carbocycles. The second-order valence-electron chi connectivity index (χ2n) is 6.25. The van der Waals surface area contributed by atoms with E-state index in [1.807, 2.05) is 13.0 Å². The zero-order valence-electron chi connectivity index (χ0n) is 15.6. The lowest BCUT2D eigenvalue weighted by molar-refractivity contribution is -0.153. The summed E-state index contributed by atoms with van der Waals surface area (Å²) >= 11 is 0. The summed E-state index contributed by atoms with van der Waals surface area (Å²) in [5, 5.41) is 0. The number of ether oxygens (including phenoxy) is 1. The zero-order valence-corrected chi connectivity index (χ0v) is 16.4. The highest BCUT2D eigenvalue weighted by atomic mass is 32.2. The average Bonchev–Trinajstić information content (AvgIpc) is 2.66. The molecule has 0 aliphatic heterocycles. The van der Waals surface area contributed by atoms with Gasteiger partial charge in [-0.05, 0) is 38.1 Å². The molecule has 0 aliphatic carbocycles. The molecule has 0 saturated heterocycles. The largest absolute Gasteiger partial charge is 0.452 e. The van der Waals surface area contributed by atoms with Crippen LogP contribution in [0.3, 0.4) is 0 Å². The molecule has 1 amide bonds. The molecule has 0 aliphatic rings. The molecule has 2 aromatic rings. The molecule has 0 radical (unpaired) electrons. The number of nitrogens with zero attached hydrogens (tertiary/aromatic N) is 1. The van der Waals surface area contributed by atoms with Gasteiger partial charge in [0.2, 0.25) is 0 Å². The monoisotopic (exact) mass is 389 g/mol. The highest BCUT2D eigenvalue weighted by molar-refractivity contribution is 7.91. The number of hydrogen-bond acceptors (Lipinski definition) is 5. The molecular formula is C20H23NO5S. The summed E-state index contributed by atoms with van der Waals surface area (Å²) in [4.78, 5) is 25.9. The highest BCUT2D eigenvalue weighted by Crippen LogP contribution is 2.15. The summed E-state index contributed by atoms with van der Waals surface area (Å²) in [5.41, 5.74) is 1.62. The number of carbonyl (C=O) groups is 2. The van der Waals surface area contributed by atoms with Crippen LogP contribution in [0.15, 0.2) is 59.5 Å². The van der Waals surface area contributed by atoms with Crippen molar-refractivity contribution < 1.29 is 22.7 Å². The summed E-state index contributed by atoms with van der Waals surface area (Å²) in [6.07, 6.45) is -1.33. The van der Waals surface area contributed by atoms with Crippen LogP contribution >= 0.6 is 0 Å². The fraction of sp³-hybridized carbons (Fsp3) is 0.300. The number of para-hydroxylation sites is 1. The van der Waals surface area contributed by atoms with Crippen LogP contribution in [0.4, 0.5) is 5.69 Å². The van der Waals surface area contributed by atoms with E-state index >= 15 is 0 Å². The quantitative estimate of drug-likeness (QED) is 0.680. The minimum absolute atomic E-state index is 0.161. The third kappa shape index (κ3) is 5.65. The molecule has 144 valence electrons. The van der Waals surface area contributed by atoms with Crippen LogP contribution in [0.2, 0.25) is 0 Å². The Kier molecular flexibility index (Phi) is 6.74. The SMILES string of the molecule is Cc1ccc(S(=O)(=O)CCC(=O)OC(C)C(=O)N(C)c2ccccc2)cc1. The lowest BCUT2D eigenvalue weighted by Gasteiger charge is -2.21. The number of anilines is 1. The van der Waals surface area contributed by atoms with Crippen LogP contribution in [-0.4, -0.2) is 39.2 Å². The molecule has 0 N–H and O–H groups in total. The van der Waals surface area contributed by atoms with Gasteiger partial charge in [0.05, 0.1) is 17.1 Å². The Labute approximate surface area is 159 Å². The van der Waals surface area contributed by atoms with Gasteiger partial charge in [-0.1, -0.05) is 35.9 Å². The van der Waals surface area contributed by atoms with E-state index in [-0.39, 0.29) is 17.1 Å². The van der Waals surface area contributed by atoms with Crippen LogP contribution in [-0.2, 0) is 24.2 Å². The van der Waals surface area contributed by atoms with Crippen molar-refractivity contribution in [2.75, 3.05) is 17.7 Å². The molecule has 27 heavy (non-hydrogen) atoms. The maximum atomic E-state index is 12.4. The van der Waals surface area contributed by atoms with Crippen molar-refractivity contribution in [3.8, 4) is 0 Å². The highest BCUT2D eigenvalue weighted by Gasteiger charge is 2.24. The molecule has 0 heterocycles. The van der Waals surface area contributed by atoms with Crippen LogP contribution in [0, 0.1) is 6.92 Å². The predicted octanol–water partition coefficient (Wildman–Crippen LogP) is 2.75. The minimum Gasteiger partial charge on any atom is -0.452 e. The van der Waals surface area contributed by atoms with E-state index in [0.29, 0.717) is 5.69 Å². The number of sulfone groups is 1. The Hall–Kier alpha value is -2.67. The van der Waals surface area contributed by atoms with Gasteiger partial charge >= 0.3 is 5.97 Å². The van der Waals surface area contributed by atoms with Gasteiger partial charge in [0, 0.05) is 12.7 Å². The van der Waals surface area contributed by atoms with Gasteiger partial charge in [-0.2, -0.15) is 0 Å². The van der Waals surface area contributed by atoms with E-state index in [2.05, 4.69) is 0 Å². The van der Waals surface area contributed by atoms with Crippen molar-refractivity contribution >= 4 is 27.4 Å². The first-order valence-corrected chi connectivity index (χ1v) is 10.2. The first-order valence-electron chi connectivity index (χ1n) is 8.52. The standard InChI is InChI=1S/C20H23NO5S/c1-15-9-11-18(12-10-15)27(24,25)14-13-19(22)26-16(2)20(23)21(3)17-7-5-4-6-8-17/h4-12,16H,13-14H2,1-3H3. The Balaban J connectivity index is 1.91.